The van der Waals surface area contributed by atoms with E-state index in [-0.39, 0.29) is 24.3 Å². The molecule has 0 bridgehead atoms. The Morgan fingerprint density at radius 3 is 2.28 bits per heavy atom. The van der Waals surface area contributed by atoms with Crippen LogP contribution in [0.3, 0.4) is 0 Å². The van der Waals surface area contributed by atoms with Gasteiger partial charge in [-0.25, -0.2) is 0 Å². The molecule has 6 heteroatoms. The maximum atomic E-state index is 13.8. The van der Waals surface area contributed by atoms with E-state index in [1.54, 1.807) is 16.2 Å². The van der Waals surface area contributed by atoms with Gasteiger partial charge in [0.2, 0.25) is 11.8 Å². The van der Waals surface area contributed by atoms with Crippen LogP contribution < -0.4 is 10.2 Å². The van der Waals surface area contributed by atoms with Crippen molar-refractivity contribution in [1.82, 2.24) is 5.32 Å². The second-order valence-electron chi connectivity index (χ2n) is 8.68. The number of rotatable bonds is 7. The Morgan fingerprint density at radius 1 is 1.03 bits per heavy atom. The highest BCUT2D eigenvalue weighted by atomic mass is 32.1. The van der Waals surface area contributed by atoms with Crippen molar-refractivity contribution >= 4 is 40.2 Å². The fraction of sp³-hybridized carbons (Fsp3) is 0.385. The fourth-order valence-corrected chi connectivity index (χ4v) is 6.28. The number of aryl methyl sites for hydroxylation is 3. The minimum atomic E-state index is -0.678. The number of nitrogens with zero attached hydrogens (tertiary/aromatic N) is 1. The van der Waals surface area contributed by atoms with E-state index in [1.165, 1.54) is 11.3 Å². The van der Waals surface area contributed by atoms with Crippen molar-refractivity contribution < 1.29 is 9.59 Å². The molecule has 4 nitrogen and oxygen atoms in total. The lowest BCUT2D eigenvalue weighted by atomic mass is 10.0. The minimum Gasteiger partial charge on any atom is -0.351 e. The van der Waals surface area contributed by atoms with Crippen molar-refractivity contribution in [3.05, 3.63) is 73.6 Å². The number of carbonyl (C=O) groups is 2. The minimum absolute atomic E-state index is 0.0533. The maximum absolute atomic E-state index is 13.8. The largest absolute Gasteiger partial charge is 0.351 e. The first-order valence-electron chi connectivity index (χ1n) is 11.2. The first kappa shape index (κ1) is 22.7. The molecule has 1 N–H and O–H groups in total. The number of hydrogen-bond donors (Lipinski definition) is 1. The molecule has 0 radical (unpaired) electrons. The topological polar surface area (TPSA) is 49.4 Å². The number of nitrogens with one attached hydrogen (secondary N) is 1. The molecule has 1 aliphatic carbocycles. The summed E-state index contributed by atoms with van der Waals surface area (Å²) in [6, 6.07) is 11.6. The molecule has 168 valence electrons. The summed E-state index contributed by atoms with van der Waals surface area (Å²) in [6.07, 6.45) is 4.59. The first-order chi connectivity index (χ1) is 15.4. The molecule has 1 saturated carbocycles. The number of amides is 2. The second-order valence-corrected chi connectivity index (χ2v) is 10.7. The zero-order chi connectivity index (χ0) is 22.7. The quantitative estimate of drug-likeness (QED) is 0.457. The van der Waals surface area contributed by atoms with Crippen LogP contribution in [0.1, 0.15) is 58.2 Å². The van der Waals surface area contributed by atoms with Crippen LogP contribution in [0.4, 0.5) is 5.69 Å². The van der Waals surface area contributed by atoms with Crippen LogP contribution in [0.25, 0.3) is 0 Å². The third kappa shape index (κ3) is 4.97. The highest BCUT2D eigenvalue weighted by Crippen LogP contribution is 2.36. The zero-order valence-electron chi connectivity index (χ0n) is 18.9. The summed E-state index contributed by atoms with van der Waals surface area (Å²) in [5.41, 5.74) is 4.02. The molecule has 32 heavy (non-hydrogen) atoms. The van der Waals surface area contributed by atoms with Crippen molar-refractivity contribution in [2.75, 3.05) is 4.90 Å². The predicted octanol–water partition coefficient (Wildman–Crippen LogP) is 6.11. The van der Waals surface area contributed by atoms with Crippen LogP contribution in [0, 0.1) is 20.8 Å². The average molecular weight is 467 g/mol. The lowest BCUT2D eigenvalue weighted by Gasteiger charge is -2.33. The predicted molar refractivity (Wildman–Crippen MR) is 134 cm³/mol. The summed E-state index contributed by atoms with van der Waals surface area (Å²) in [4.78, 5) is 31.2. The third-order valence-corrected chi connectivity index (χ3v) is 7.87. The molecule has 1 atom stereocenters. The summed E-state index contributed by atoms with van der Waals surface area (Å²) in [6.45, 7) is 6.12. The van der Waals surface area contributed by atoms with Crippen molar-refractivity contribution in [2.24, 2.45) is 0 Å². The molecule has 0 saturated heterocycles. The third-order valence-electron chi connectivity index (χ3n) is 6.07. The Kier molecular flexibility index (Phi) is 7.11. The highest BCUT2D eigenvalue weighted by molar-refractivity contribution is 7.10. The summed E-state index contributed by atoms with van der Waals surface area (Å²) in [5, 5.41) is 7.22. The zero-order valence-corrected chi connectivity index (χ0v) is 20.5. The standard InChI is InChI=1S/C26H30N2O2S2/c1-17-14-18(2)24(19(3)15-17)28(23(29)16-21-10-6-12-31-21)25(22-11-7-13-32-22)26(30)27-20-8-4-5-9-20/h6-7,10-15,20,25H,4-5,8-9,16H2,1-3H3,(H,27,30)/t25-/m0/s1. The number of hydrogen-bond acceptors (Lipinski definition) is 4. The van der Waals surface area contributed by atoms with E-state index in [9.17, 15) is 9.59 Å². The molecule has 2 heterocycles. The molecule has 0 unspecified atom stereocenters. The number of benzene rings is 1. The van der Waals surface area contributed by atoms with Crippen LogP contribution in [0.2, 0.25) is 0 Å². The monoisotopic (exact) mass is 466 g/mol. The summed E-state index contributed by atoms with van der Waals surface area (Å²) in [7, 11) is 0. The number of anilines is 1. The van der Waals surface area contributed by atoms with Gasteiger partial charge in [-0.1, -0.05) is 42.7 Å². The smallest absolute Gasteiger partial charge is 0.248 e. The van der Waals surface area contributed by atoms with Gasteiger partial charge in [0.15, 0.2) is 0 Å². The van der Waals surface area contributed by atoms with Gasteiger partial charge in [-0.2, -0.15) is 0 Å². The van der Waals surface area contributed by atoms with Crippen LogP contribution in [0.15, 0.2) is 47.2 Å². The Hall–Kier alpha value is -2.44. The van der Waals surface area contributed by atoms with Gasteiger partial charge in [0.05, 0.1) is 12.1 Å². The normalized spacial score (nSPS) is 15.0. The lowest BCUT2D eigenvalue weighted by molar-refractivity contribution is -0.126. The first-order valence-corrected chi connectivity index (χ1v) is 13.0. The van der Waals surface area contributed by atoms with Crippen LogP contribution >= 0.6 is 22.7 Å². The summed E-state index contributed by atoms with van der Waals surface area (Å²) < 4.78 is 0. The van der Waals surface area contributed by atoms with Crippen LogP contribution in [-0.4, -0.2) is 17.9 Å². The van der Waals surface area contributed by atoms with Crippen molar-refractivity contribution in [2.45, 2.75) is 65.0 Å². The lowest BCUT2D eigenvalue weighted by Crippen LogP contribution is -2.47. The molecule has 1 aromatic carbocycles. The summed E-state index contributed by atoms with van der Waals surface area (Å²) >= 11 is 3.10. The van der Waals surface area contributed by atoms with Crippen LogP contribution in [-0.2, 0) is 16.0 Å². The van der Waals surface area contributed by atoms with Gasteiger partial charge in [0.25, 0.3) is 0 Å². The van der Waals surface area contributed by atoms with Crippen LogP contribution in [0.5, 0.6) is 0 Å². The van der Waals surface area contributed by atoms with Gasteiger partial charge >= 0.3 is 0 Å². The van der Waals surface area contributed by atoms with E-state index in [0.717, 1.165) is 57.8 Å². The Bertz CT molecular complexity index is 1040. The van der Waals surface area contributed by atoms with Crippen molar-refractivity contribution in [1.29, 1.82) is 0 Å². The molecule has 3 aromatic rings. The van der Waals surface area contributed by atoms with Gasteiger partial charge in [-0.3, -0.25) is 14.5 Å². The van der Waals surface area contributed by atoms with E-state index in [0.29, 0.717) is 0 Å². The van der Waals surface area contributed by atoms with Gasteiger partial charge < -0.3 is 5.32 Å². The van der Waals surface area contributed by atoms with Crippen molar-refractivity contribution in [3.63, 3.8) is 0 Å². The number of thiophene rings is 2. The van der Waals surface area contributed by atoms with Gasteiger partial charge in [-0.05, 0) is 67.6 Å². The summed E-state index contributed by atoms with van der Waals surface area (Å²) in [5.74, 6) is -0.138. The molecule has 0 spiro atoms. The van der Waals surface area contributed by atoms with Gasteiger partial charge in [0.1, 0.15) is 6.04 Å². The second kappa shape index (κ2) is 10.0. The van der Waals surface area contributed by atoms with E-state index in [1.807, 2.05) is 48.9 Å². The Balaban J connectivity index is 1.79. The molecular weight excluding hydrogens is 436 g/mol. The molecule has 4 rings (SSSR count). The Morgan fingerprint density at radius 2 is 1.69 bits per heavy atom. The van der Waals surface area contributed by atoms with E-state index < -0.39 is 6.04 Å². The van der Waals surface area contributed by atoms with E-state index in [2.05, 4.69) is 24.4 Å². The average Bonchev–Trinajstić information content (AvgIpc) is 3.50. The van der Waals surface area contributed by atoms with Gasteiger partial charge in [0, 0.05) is 15.8 Å². The molecular formula is C26H30N2O2S2. The van der Waals surface area contributed by atoms with E-state index >= 15 is 0 Å². The molecule has 1 fully saturated rings. The van der Waals surface area contributed by atoms with E-state index in [4.69, 9.17) is 0 Å². The Labute approximate surface area is 198 Å². The maximum Gasteiger partial charge on any atom is 0.248 e. The molecule has 2 aromatic heterocycles. The van der Waals surface area contributed by atoms with Gasteiger partial charge in [-0.15, -0.1) is 22.7 Å². The molecule has 2 amide bonds. The SMILES string of the molecule is Cc1cc(C)c(N(C(=O)Cc2cccs2)[C@H](C(=O)NC2CCCC2)c2cccs2)c(C)c1. The molecule has 1 aliphatic rings. The highest BCUT2D eigenvalue weighted by Gasteiger charge is 2.36. The van der Waals surface area contributed by atoms with Crippen molar-refractivity contribution in [3.8, 4) is 0 Å². The fourth-order valence-electron chi connectivity index (χ4n) is 4.77. The molecule has 0 aliphatic heterocycles. The number of carbonyl (C=O) groups excluding carboxylic acids is 2.